The summed E-state index contributed by atoms with van der Waals surface area (Å²) >= 11 is 0. The zero-order valence-electron chi connectivity index (χ0n) is 16.8. The minimum absolute atomic E-state index is 0.111. The third kappa shape index (κ3) is 3.92. The Morgan fingerprint density at radius 1 is 1.10 bits per heavy atom. The maximum Gasteiger partial charge on any atom is 0.264 e. The van der Waals surface area contributed by atoms with E-state index in [2.05, 4.69) is 22.4 Å². The Kier molecular flexibility index (Phi) is 5.16. The molecule has 2 aromatic heterocycles. The van der Waals surface area contributed by atoms with Gasteiger partial charge in [0.2, 0.25) is 11.8 Å². The molecule has 0 aliphatic heterocycles. The molecule has 1 amide bonds. The Morgan fingerprint density at radius 2 is 1.86 bits per heavy atom. The number of rotatable bonds is 6. The number of amides is 1. The van der Waals surface area contributed by atoms with Crippen molar-refractivity contribution in [3.8, 4) is 11.6 Å². The summed E-state index contributed by atoms with van der Waals surface area (Å²) in [5.74, 6) is 1.03. The van der Waals surface area contributed by atoms with Crippen LogP contribution in [0.3, 0.4) is 0 Å². The van der Waals surface area contributed by atoms with Crippen molar-refractivity contribution in [3.05, 3.63) is 66.1 Å². The lowest BCUT2D eigenvalue weighted by Gasteiger charge is -2.10. The lowest BCUT2D eigenvalue weighted by molar-refractivity contribution is -0.116. The van der Waals surface area contributed by atoms with E-state index in [0.717, 1.165) is 28.7 Å². The lowest BCUT2D eigenvalue weighted by atomic mass is 10.1. The van der Waals surface area contributed by atoms with Gasteiger partial charge in [-0.1, -0.05) is 51.1 Å². The molecule has 0 radical (unpaired) electrons. The molecule has 29 heavy (non-hydrogen) atoms. The average Bonchev–Trinajstić information content (AvgIpc) is 3.34. The maximum atomic E-state index is 12.8. The van der Waals surface area contributed by atoms with Crippen LogP contribution in [-0.2, 0) is 17.8 Å². The van der Waals surface area contributed by atoms with E-state index in [-0.39, 0.29) is 18.4 Å². The molecule has 0 saturated carbocycles. The largest absolute Gasteiger partial charge is 0.419 e. The zero-order chi connectivity index (χ0) is 20.4. The van der Waals surface area contributed by atoms with Crippen LogP contribution >= 0.6 is 0 Å². The summed E-state index contributed by atoms with van der Waals surface area (Å²) in [7, 11) is 0. The smallest absolute Gasteiger partial charge is 0.264 e. The summed E-state index contributed by atoms with van der Waals surface area (Å²) in [4.78, 5) is 12.8. The van der Waals surface area contributed by atoms with E-state index < -0.39 is 0 Å². The topological polar surface area (TPSA) is 73.0 Å². The van der Waals surface area contributed by atoms with Crippen LogP contribution in [0.15, 0.2) is 59.0 Å². The van der Waals surface area contributed by atoms with Crippen molar-refractivity contribution in [2.45, 2.75) is 39.7 Å². The van der Waals surface area contributed by atoms with Gasteiger partial charge in [0.1, 0.15) is 12.2 Å². The van der Waals surface area contributed by atoms with Crippen molar-refractivity contribution in [1.82, 2.24) is 14.8 Å². The van der Waals surface area contributed by atoms with Crippen molar-refractivity contribution in [2.75, 3.05) is 5.32 Å². The summed E-state index contributed by atoms with van der Waals surface area (Å²) in [6, 6.07) is 17.8. The van der Waals surface area contributed by atoms with Crippen molar-refractivity contribution < 1.29 is 9.21 Å². The van der Waals surface area contributed by atoms with E-state index >= 15 is 0 Å². The van der Waals surface area contributed by atoms with E-state index in [1.54, 1.807) is 0 Å². The highest BCUT2D eigenvalue weighted by molar-refractivity contribution is 5.93. The second kappa shape index (κ2) is 7.91. The molecular weight excluding hydrogens is 364 g/mol. The number of carbonyl (C=O) groups excluding carboxylic acids is 1. The van der Waals surface area contributed by atoms with E-state index in [1.807, 2.05) is 73.0 Å². The predicted molar refractivity (Wildman–Crippen MR) is 114 cm³/mol. The second-order valence-corrected chi connectivity index (χ2v) is 7.37. The van der Waals surface area contributed by atoms with Crippen LogP contribution in [0.4, 0.5) is 5.69 Å². The summed E-state index contributed by atoms with van der Waals surface area (Å²) in [6.45, 7) is 6.26. The standard InChI is InChI=1S/C23H24N4O2/c1-4-16-9-11-18(12-10-16)24-21(28)14-27-19-8-6-5-7-17(19)13-20(27)23-26-25-22(29-23)15(2)3/h5-13,15H,4,14H2,1-3H3,(H,24,28). The number of nitrogens with zero attached hydrogens (tertiary/aromatic N) is 3. The normalized spacial score (nSPS) is 11.3. The van der Waals surface area contributed by atoms with E-state index in [4.69, 9.17) is 4.42 Å². The molecule has 0 fully saturated rings. The molecule has 0 saturated heterocycles. The summed E-state index contributed by atoms with van der Waals surface area (Å²) in [5.41, 5.74) is 3.70. The molecule has 148 valence electrons. The molecule has 4 aromatic rings. The number of carbonyl (C=O) groups is 1. The van der Waals surface area contributed by atoms with Gasteiger partial charge in [0.25, 0.3) is 5.89 Å². The molecule has 0 unspecified atom stereocenters. The highest BCUT2D eigenvalue weighted by Gasteiger charge is 2.19. The minimum Gasteiger partial charge on any atom is -0.419 e. The highest BCUT2D eigenvalue weighted by atomic mass is 16.4. The molecule has 0 spiro atoms. The summed E-state index contributed by atoms with van der Waals surface area (Å²) < 4.78 is 7.77. The summed E-state index contributed by atoms with van der Waals surface area (Å²) in [6.07, 6.45) is 0.968. The van der Waals surface area contributed by atoms with Crippen molar-refractivity contribution in [1.29, 1.82) is 0 Å². The van der Waals surface area contributed by atoms with Crippen LogP contribution in [0.2, 0.25) is 0 Å². The number of nitrogens with one attached hydrogen (secondary N) is 1. The third-order valence-corrected chi connectivity index (χ3v) is 4.91. The number of anilines is 1. The van der Waals surface area contributed by atoms with Gasteiger partial charge < -0.3 is 14.3 Å². The first kappa shape index (κ1) is 18.9. The van der Waals surface area contributed by atoms with Gasteiger partial charge in [-0.15, -0.1) is 10.2 Å². The van der Waals surface area contributed by atoms with Gasteiger partial charge in [-0.25, -0.2) is 0 Å². The van der Waals surface area contributed by atoms with Crippen molar-refractivity contribution in [2.24, 2.45) is 0 Å². The molecule has 0 aliphatic carbocycles. The number of fused-ring (bicyclic) bond motifs is 1. The molecule has 0 bridgehead atoms. The first-order valence-electron chi connectivity index (χ1n) is 9.86. The van der Waals surface area contributed by atoms with Crippen LogP contribution in [0.25, 0.3) is 22.5 Å². The Hall–Kier alpha value is -3.41. The van der Waals surface area contributed by atoms with Gasteiger partial charge in [0.05, 0.1) is 0 Å². The van der Waals surface area contributed by atoms with Crippen LogP contribution in [0.1, 0.15) is 38.1 Å². The number of aryl methyl sites for hydroxylation is 1. The number of hydrogen-bond acceptors (Lipinski definition) is 4. The van der Waals surface area contributed by atoms with E-state index in [1.165, 1.54) is 5.56 Å². The molecule has 6 heteroatoms. The third-order valence-electron chi connectivity index (χ3n) is 4.91. The summed E-state index contributed by atoms with van der Waals surface area (Å²) in [5, 5.41) is 12.3. The fourth-order valence-electron chi connectivity index (χ4n) is 3.30. The van der Waals surface area contributed by atoms with Crippen molar-refractivity contribution in [3.63, 3.8) is 0 Å². The SMILES string of the molecule is CCc1ccc(NC(=O)Cn2c(-c3nnc(C(C)C)o3)cc3ccccc32)cc1. The first-order valence-corrected chi connectivity index (χ1v) is 9.86. The first-order chi connectivity index (χ1) is 14.0. The number of hydrogen-bond donors (Lipinski definition) is 1. The Balaban J connectivity index is 1.65. The molecule has 6 nitrogen and oxygen atoms in total. The molecular formula is C23H24N4O2. The quantitative estimate of drug-likeness (QED) is 0.504. The van der Waals surface area contributed by atoms with Gasteiger partial charge in [-0.3, -0.25) is 4.79 Å². The monoisotopic (exact) mass is 388 g/mol. The second-order valence-electron chi connectivity index (χ2n) is 7.37. The average molecular weight is 388 g/mol. The molecule has 4 rings (SSSR count). The van der Waals surface area contributed by atoms with Gasteiger partial charge >= 0.3 is 0 Å². The van der Waals surface area contributed by atoms with Crippen LogP contribution in [0.5, 0.6) is 0 Å². The van der Waals surface area contributed by atoms with Crippen LogP contribution in [-0.4, -0.2) is 20.7 Å². The molecule has 2 aromatic carbocycles. The van der Waals surface area contributed by atoms with Gasteiger partial charge in [-0.2, -0.15) is 0 Å². The molecule has 1 N–H and O–H groups in total. The van der Waals surface area contributed by atoms with Gasteiger partial charge in [0, 0.05) is 22.5 Å². The lowest BCUT2D eigenvalue weighted by Crippen LogP contribution is -2.19. The highest BCUT2D eigenvalue weighted by Crippen LogP contribution is 2.28. The van der Waals surface area contributed by atoms with Gasteiger partial charge in [0.15, 0.2) is 0 Å². The van der Waals surface area contributed by atoms with Gasteiger partial charge in [-0.05, 0) is 36.2 Å². The Labute approximate surface area is 169 Å². The van der Waals surface area contributed by atoms with Crippen LogP contribution < -0.4 is 5.32 Å². The molecule has 0 aliphatic rings. The maximum absolute atomic E-state index is 12.8. The zero-order valence-corrected chi connectivity index (χ0v) is 16.8. The number of para-hydroxylation sites is 1. The van der Waals surface area contributed by atoms with Crippen molar-refractivity contribution >= 4 is 22.5 Å². The van der Waals surface area contributed by atoms with Crippen LogP contribution in [0, 0.1) is 0 Å². The molecule has 2 heterocycles. The predicted octanol–water partition coefficient (Wildman–Crippen LogP) is 5.02. The minimum atomic E-state index is -0.111. The van der Waals surface area contributed by atoms with E-state index in [0.29, 0.717) is 11.8 Å². The Bertz CT molecular complexity index is 1140. The Morgan fingerprint density at radius 3 is 2.55 bits per heavy atom. The van der Waals surface area contributed by atoms with E-state index in [9.17, 15) is 4.79 Å². The fraction of sp³-hybridized carbons (Fsp3) is 0.261. The molecule has 0 atom stereocenters. The number of aromatic nitrogens is 3. The number of benzene rings is 2. The fourth-order valence-corrected chi connectivity index (χ4v) is 3.30.